The van der Waals surface area contributed by atoms with E-state index >= 15 is 0 Å². The first-order chi connectivity index (χ1) is 18.8. The van der Waals surface area contributed by atoms with Crippen LogP contribution in [0.1, 0.15) is 20.9 Å². The maximum Gasteiger partial charge on any atom is 0.184 e. The summed E-state index contributed by atoms with van der Waals surface area (Å²) in [7, 11) is -0.735. The molecular formula is C29H25N3O5S2. The van der Waals surface area contributed by atoms with Crippen LogP contribution in [0.4, 0.5) is 11.5 Å². The Bertz CT molecular complexity index is 1730. The molecule has 0 amide bonds. The highest BCUT2D eigenvalue weighted by Gasteiger charge is 2.22. The van der Waals surface area contributed by atoms with Gasteiger partial charge in [-0.05, 0) is 41.3 Å². The number of Topliss-reactive ketones (excluding diaryl/α,β-unsaturated/α-hetero) is 1. The number of anilines is 2. The first-order valence-corrected chi connectivity index (χ1v) is 14.5. The van der Waals surface area contributed by atoms with Crippen molar-refractivity contribution in [3.05, 3.63) is 100 Å². The third-order valence-electron chi connectivity index (χ3n) is 6.00. The van der Waals surface area contributed by atoms with E-state index in [-0.39, 0.29) is 22.8 Å². The summed E-state index contributed by atoms with van der Waals surface area (Å²) in [4.78, 5) is 22.7. The van der Waals surface area contributed by atoms with Gasteiger partial charge in [-0.3, -0.25) is 4.79 Å². The highest BCUT2D eigenvalue weighted by molar-refractivity contribution is 7.90. The summed E-state index contributed by atoms with van der Waals surface area (Å²) in [5.41, 5.74) is 2.68. The number of nitrogens with one attached hydrogen (secondary N) is 1. The molecule has 198 valence electrons. The van der Waals surface area contributed by atoms with Gasteiger partial charge in [0.2, 0.25) is 0 Å². The second-order valence-corrected chi connectivity index (χ2v) is 11.7. The van der Waals surface area contributed by atoms with Gasteiger partial charge in [-0.25, -0.2) is 18.4 Å². The molecular weight excluding hydrogens is 534 g/mol. The SMILES string of the molecule is COc1cc(Nc2nc3ccccc3nc2CS(=O)(=O)c2cccc(CC(=O)c3cccs3)c2)cc(OC)c1. The summed E-state index contributed by atoms with van der Waals surface area (Å²) >= 11 is 1.36. The van der Waals surface area contributed by atoms with E-state index in [4.69, 9.17) is 9.47 Å². The molecule has 3 aromatic carbocycles. The zero-order chi connectivity index (χ0) is 27.4. The average molecular weight is 560 g/mol. The standard InChI is InChI=1S/C29H25N3O5S2/c1-36-21-15-20(16-22(17-21)37-2)30-29-26(31-24-9-3-4-10-25(24)32-29)18-39(34,35)23-8-5-7-19(13-23)14-27(33)28-11-6-12-38-28/h3-13,15-17H,14,18H2,1-2H3,(H,30,32). The molecule has 0 aliphatic heterocycles. The number of ether oxygens (including phenoxy) is 2. The fourth-order valence-corrected chi connectivity index (χ4v) is 6.08. The topological polar surface area (TPSA) is 107 Å². The summed E-state index contributed by atoms with van der Waals surface area (Å²) < 4.78 is 37.9. The minimum absolute atomic E-state index is 0.0554. The van der Waals surface area contributed by atoms with Gasteiger partial charge in [0.05, 0.1) is 40.7 Å². The van der Waals surface area contributed by atoms with Crippen LogP contribution in [0.15, 0.2) is 89.1 Å². The van der Waals surface area contributed by atoms with Crippen LogP contribution in [-0.2, 0) is 22.0 Å². The van der Waals surface area contributed by atoms with Crippen LogP contribution in [0.25, 0.3) is 11.0 Å². The Kier molecular flexibility index (Phi) is 7.58. The minimum atomic E-state index is -3.84. The zero-order valence-electron chi connectivity index (χ0n) is 21.2. The number of aromatic nitrogens is 2. The summed E-state index contributed by atoms with van der Waals surface area (Å²) in [5.74, 6) is 0.982. The van der Waals surface area contributed by atoms with Gasteiger partial charge >= 0.3 is 0 Å². The summed E-state index contributed by atoms with van der Waals surface area (Å²) in [5, 5.41) is 5.04. The lowest BCUT2D eigenvalue weighted by Crippen LogP contribution is -2.11. The molecule has 0 radical (unpaired) electrons. The van der Waals surface area contributed by atoms with Crippen LogP contribution in [0.2, 0.25) is 0 Å². The van der Waals surface area contributed by atoms with Gasteiger partial charge in [-0.1, -0.05) is 30.3 Å². The van der Waals surface area contributed by atoms with E-state index in [1.807, 2.05) is 29.6 Å². The van der Waals surface area contributed by atoms with E-state index in [0.29, 0.717) is 44.5 Å². The molecule has 0 unspecified atom stereocenters. The van der Waals surface area contributed by atoms with Gasteiger partial charge in [-0.2, -0.15) is 0 Å². The Labute approximate surface area is 230 Å². The highest BCUT2D eigenvalue weighted by atomic mass is 32.2. The van der Waals surface area contributed by atoms with E-state index in [0.717, 1.165) is 0 Å². The van der Waals surface area contributed by atoms with Crippen molar-refractivity contribution in [1.82, 2.24) is 9.97 Å². The molecule has 2 heterocycles. The van der Waals surface area contributed by atoms with Crippen molar-refractivity contribution in [3.8, 4) is 11.5 Å². The van der Waals surface area contributed by atoms with Crippen molar-refractivity contribution in [2.75, 3.05) is 19.5 Å². The van der Waals surface area contributed by atoms with Gasteiger partial charge in [0, 0.05) is 30.3 Å². The van der Waals surface area contributed by atoms with E-state index in [1.165, 1.54) is 17.4 Å². The largest absolute Gasteiger partial charge is 0.497 e. The number of sulfone groups is 1. The number of hydrogen-bond acceptors (Lipinski definition) is 9. The molecule has 0 aliphatic rings. The minimum Gasteiger partial charge on any atom is -0.497 e. The smallest absolute Gasteiger partial charge is 0.184 e. The molecule has 8 nitrogen and oxygen atoms in total. The van der Waals surface area contributed by atoms with E-state index in [9.17, 15) is 13.2 Å². The number of para-hydroxylation sites is 2. The molecule has 1 N–H and O–H groups in total. The molecule has 0 aliphatic carbocycles. The lowest BCUT2D eigenvalue weighted by Gasteiger charge is -2.14. The van der Waals surface area contributed by atoms with Crippen molar-refractivity contribution in [2.45, 2.75) is 17.1 Å². The average Bonchev–Trinajstić information content (AvgIpc) is 3.48. The lowest BCUT2D eigenvalue weighted by atomic mass is 10.1. The zero-order valence-corrected chi connectivity index (χ0v) is 22.9. The van der Waals surface area contributed by atoms with Crippen LogP contribution >= 0.6 is 11.3 Å². The van der Waals surface area contributed by atoms with E-state index in [2.05, 4.69) is 15.3 Å². The van der Waals surface area contributed by atoms with Crippen LogP contribution in [0.5, 0.6) is 11.5 Å². The quantitative estimate of drug-likeness (QED) is 0.212. The first kappa shape index (κ1) is 26.3. The number of nitrogens with zero attached hydrogens (tertiary/aromatic N) is 2. The number of methoxy groups -OCH3 is 2. The molecule has 5 rings (SSSR count). The summed E-state index contributed by atoms with van der Waals surface area (Å²) in [6, 6.07) is 22.6. The van der Waals surface area contributed by atoms with Crippen molar-refractivity contribution in [1.29, 1.82) is 0 Å². The van der Waals surface area contributed by atoms with Crippen molar-refractivity contribution in [3.63, 3.8) is 0 Å². The van der Waals surface area contributed by atoms with Crippen LogP contribution in [0, 0.1) is 0 Å². The van der Waals surface area contributed by atoms with E-state index < -0.39 is 15.6 Å². The van der Waals surface area contributed by atoms with Gasteiger partial charge in [0.1, 0.15) is 17.3 Å². The third-order valence-corrected chi connectivity index (χ3v) is 8.54. The molecule has 0 atom stereocenters. The van der Waals surface area contributed by atoms with E-state index in [1.54, 1.807) is 62.8 Å². The number of ketones is 1. The van der Waals surface area contributed by atoms with Gasteiger partial charge in [-0.15, -0.1) is 11.3 Å². The Morgan fingerprint density at radius 2 is 1.59 bits per heavy atom. The number of fused-ring (bicyclic) bond motifs is 1. The van der Waals surface area contributed by atoms with Crippen LogP contribution in [-0.4, -0.2) is 38.4 Å². The Balaban J connectivity index is 1.49. The van der Waals surface area contributed by atoms with Crippen molar-refractivity contribution >= 4 is 49.5 Å². The number of carbonyl (C=O) groups excluding carboxylic acids is 1. The fourth-order valence-electron chi connectivity index (χ4n) is 4.08. The summed E-state index contributed by atoms with van der Waals surface area (Å²) in [6.07, 6.45) is 0.115. The Morgan fingerprint density at radius 1 is 0.872 bits per heavy atom. The Morgan fingerprint density at radius 3 is 2.26 bits per heavy atom. The predicted octanol–water partition coefficient (Wildman–Crippen LogP) is 5.85. The predicted molar refractivity (Wildman–Crippen MR) is 152 cm³/mol. The second-order valence-electron chi connectivity index (χ2n) is 8.72. The normalized spacial score (nSPS) is 11.3. The molecule has 0 bridgehead atoms. The number of rotatable bonds is 10. The fraction of sp³-hybridized carbons (Fsp3) is 0.138. The molecule has 0 fully saturated rings. The van der Waals surface area contributed by atoms with Gasteiger partial charge < -0.3 is 14.8 Å². The van der Waals surface area contributed by atoms with Crippen LogP contribution in [0.3, 0.4) is 0 Å². The highest BCUT2D eigenvalue weighted by Crippen LogP contribution is 2.30. The number of benzene rings is 3. The molecule has 0 spiro atoms. The van der Waals surface area contributed by atoms with Gasteiger partial charge in [0.15, 0.2) is 21.4 Å². The molecule has 5 aromatic rings. The number of carbonyl (C=O) groups is 1. The number of hydrogen-bond donors (Lipinski definition) is 1. The number of thiophene rings is 1. The van der Waals surface area contributed by atoms with Crippen molar-refractivity contribution < 1.29 is 22.7 Å². The molecule has 39 heavy (non-hydrogen) atoms. The Hall–Kier alpha value is -4.28. The lowest BCUT2D eigenvalue weighted by molar-refractivity contribution is 0.0996. The molecule has 10 heteroatoms. The second kappa shape index (κ2) is 11.2. The maximum absolute atomic E-state index is 13.6. The van der Waals surface area contributed by atoms with Crippen LogP contribution < -0.4 is 14.8 Å². The molecule has 2 aromatic heterocycles. The molecule has 0 saturated heterocycles. The third kappa shape index (κ3) is 6.08. The summed E-state index contributed by atoms with van der Waals surface area (Å²) in [6.45, 7) is 0. The van der Waals surface area contributed by atoms with Crippen molar-refractivity contribution in [2.24, 2.45) is 0 Å². The van der Waals surface area contributed by atoms with Gasteiger partial charge in [0.25, 0.3) is 0 Å². The molecule has 0 saturated carbocycles. The first-order valence-electron chi connectivity index (χ1n) is 12.0. The monoisotopic (exact) mass is 559 g/mol. The maximum atomic E-state index is 13.6.